The summed E-state index contributed by atoms with van der Waals surface area (Å²) in [6.07, 6.45) is 5.53. The fourth-order valence-corrected chi connectivity index (χ4v) is 2.18. The van der Waals surface area contributed by atoms with Gasteiger partial charge < -0.3 is 9.47 Å². The monoisotopic (exact) mass is 346 g/mol. The van der Waals surface area contributed by atoms with E-state index in [1.54, 1.807) is 23.0 Å². The van der Waals surface area contributed by atoms with Crippen LogP contribution in [-0.4, -0.2) is 38.0 Å². The molecule has 0 aliphatic rings. The van der Waals surface area contributed by atoms with Gasteiger partial charge in [0.1, 0.15) is 17.8 Å². The van der Waals surface area contributed by atoms with Crippen LogP contribution in [0.1, 0.15) is 12.6 Å². The smallest absolute Gasteiger partial charge is 0.387 e. The molecule has 3 rings (SSSR count). The molecule has 1 aromatic carbocycles. The van der Waals surface area contributed by atoms with Crippen molar-refractivity contribution in [2.75, 3.05) is 6.61 Å². The van der Waals surface area contributed by atoms with Gasteiger partial charge in [-0.3, -0.25) is 0 Å². The van der Waals surface area contributed by atoms with Gasteiger partial charge in [0.15, 0.2) is 0 Å². The third-order valence-electron chi connectivity index (χ3n) is 3.15. The highest BCUT2D eigenvalue weighted by Crippen LogP contribution is 2.29. The maximum Gasteiger partial charge on any atom is 0.387 e. The molecule has 3 aromatic rings. The predicted octanol–water partition coefficient (Wildman–Crippen LogP) is 2.58. The first kappa shape index (κ1) is 16.7. The van der Waals surface area contributed by atoms with Crippen molar-refractivity contribution in [1.82, 2.24) is 24.7 Å². The molecule has 0 aliphatic carbocycles. The molecule has 1 radical (unpaired) electrons. The molecular weight excluding hydrogens is 332 g/mol. The van der Waals surface area contributed by atoms with E-state index in [9.17, 15) is 8.78 Å². The highest BCUT2D eigenvalue weighted by Gasteiger charge is 2.14. The van der Waals surface area contributed by atoms with Crippen molar-refractivity contribution in [3.63, 3.8) is 0 Å². The fourth-order valence-electron chi connectivity index (χ4n) is 2.18. The van der Waals surface area contributed by atoms with E-state index in [-0.39, 0.29) is 5.75 Å². The normalized spacial score (nSPS) is 10.9. The van der Waals surface area contributed by atoms with Gasteiger partial charge in [0.05, 0.1) is 25.0 Å². The van der Waals surface area contributed by atoms with Crippen LogP contribution in [0.4, 0.5) is 8.78 Å². The van der Waals surface area contributed by atoms with Gasteiger partial charge in [-0.2, -0.15) is 8.78 Å². The summed E-state index contributed by atoms with van der Waals surface area (Å²) in [5, 5.41) is 3.90. The molecule has 25 heavy (non-hydrogen) atoms. The maximum absolute atomic E-state index is 12.4. The molecule has 0 amide bonds. The Morgan fingerprint density at radius 1 is 1.32 bits per heavy atom. The van der Waals surface area contributed by atoms with Crippen molar-refractivity contribution in [2.45, 2.75) is 20.1 Å². The summed E-state index contributed by atoms with van der Waals surface area (Å²) < 4.78 is 36.4. The SMILES string of the molecule is CCOc1ncc(Cn2cn[c]n2)nc1-c1cccc(OC(F)F)c1. The lowest BCUT2D eigenvalue weighted by molar-refractivity contribution is -0.0498. The van der Waals surface area contributed by atoms with Crippen LogP contribution < -0.4 is 9.47 Å². The molecule has 2 aromatic heterocycles. The Kier molecular flexibility index (Phi) is 5.12. The first-order valence-corrected chi connectivity index (χ1v) is 7.45. The molecule has 0 unspecified atom stereocenters. The Balaban J connectivity index is 1.97. The Bertz CT molecular complexity index is 827. The third-order valence-corrected chi connectivity index (χ3v) is 3.15. The van der Waals surface area contributed by atoms with Gasteiger partial charge in [-0.15, -0.1) is 5.10 Å². The minimum absolute atomic E-state index is 0.0352. The van der Waals surface area contributed by atoms with Crippen molar-refractivity contribution in [3.05, 3.63) is 48.8 Å². The standard InChI is InChI=1S/C16H14F2N5O2/c1-2-24-15-14(11-4-3-5-13(6-11)25-16(17)18)22-12(7-20-15)8-23-10-19-9-21-23/h3-7,10,16H,2,8H2,1H3. The summed E-state index contributed by atoms with van der Waals surface area (Å²) in [5.41, 5.74) is 1.60. The Morgan fingerprint density at radius 2 is 2.20 bits per heavy atom. The van der Waals surface area contributed by atoms with Gasteiger partial charge in [-0.05, 0) is 19.1 Å². The maximum atomic E-state index is 12.4. The topological polar surface area (TPSA) is 75.0 Å². The van der Waals surface area contributed by atoms with Crippen LogP contribution in [0.2, 0.25) is 0 Å². The van der Waals surface area contributed by atoms with Gasteiger partial charge in [0, 0.05) is 5.56 Å². The van der Waals surface area contributed by atoms with Gasteiger partial charge in [0.2, 0.25) is 12.2 Å². The van der Waals surface area contributed by atoms with Crippen LogP contribution in [0.25, 0.3) is 11.3 Å². The first-order chi connectivity index (χ1) is 12.2. The number of alkyl halides is 2. The van der Waals surface area contributed by atoms with Gasteiger partial charge in [0.25, 0.3) is 0 Å². The average Bonchev–Trinajstić information content (AvgIpc) is 3.09. The van der Waals surface area contributed by atoms with Crippen molar-refractivity contribution in [1.29, 1.82) is 0 Å². The Hall–Kier alpha value is -3.10. The second kappa shape index (κ2) is 7.65. The van der Waals surface area contributed by atoms with E-state index in [1.165, 1.54) is 18.5 Å². The molecule has 9 heteroatoms. The van der Waals surface area contributed by atoms with Crippen LogP contribution >= 0.6 is 0 Å². The molecule has 0 aliphatic heterocycles. The highest BCUT2D eigenvalue weighted by atomic mass is 19.3. The summed E-state index contributed by atoms with van der Waals surface area (Å²) in [5.74, 6) is 0.346. The zero-order valence-corrected chi connectivity index (χ0v) is 13.3. The van der Waals surface area contributed by atoms with Gasteiger partial charge >= 0.3 is 6.61 Å². The molecule has 0 spiro atoms. The molecule has 7 nitrogen and oxygen atoms in total. The number of hydrogen-bond donors (Lipinski definition) is 0. The van der Waals surface area contributed by atoms with E-state index in [1.807, 2.05) is 6.92 Å². The number of rotatable bonds is 7. The van der Waals surface area contributed by atoms with Crippen LogP contribution in [0, 0.1) is 6.33 Å². The van der Waals surface area contributed by atoms with E-state index < -0.39 is 6.61 Å². The van der Waals surface area contributed by atoms with E-state index in [4.69, 9.17) is 4.74 Å². The number of aromatic nitrogens is 5. The minimum Gasteiger partial charge on any atom is -0.476 e. The van der Waals surface area contributed by atoms with Gasteiger partial charge in [-0.25, -0.2) is 19.6 Å². The summed E-state index contributed by atoms with van der Waals surface area (Å²) >= 11 is 0. The van der Waals surface area contributed by atoms with Crippen molar-refractivity contribution in [2.24, 2.45) is 0 Å². The first-order valence-electron chi connectivity index (χ1n) is 7.45. The van der Waals surface area contributed by atoms with E-state index in [2.05, 4.69) is 31.1 Å². The van der Waals surface area contributed by atoms with Crippen molar-refractivity contribution >= 4 is 0 Å². The third kappa shape index (κ3) is 4.25. The lowest BCUT2D eigenvalue weighted by Crippen LogP contribution is -2.06. The van der Waals surface area contributed by atoms with E-state index in [0.717, 1.165) is 0 Å². The summed E-state index contributed by atoms with van der Waals surface area (Å²) in [7, 11) is 0. The van der Waals surface area contributed by atoms with E-state index in [0.29, 0.717) is 36.0 Å². The number of benzene rings is 1. The predicted molar refractivity (Wildman–Crippen MR) is 83.2 cm³/mol. The lowest BCUT2D eigenvalue weighted by atomic mass is 10.1. The quantitative estimate of drug-likeness (QED) is 0.655. The van der Waals surface area contributed by atoms with Crippen molar-refractivity contribution in [3.8, 4) is 22.9 Å². The largest absolute Gasteiger partial charge is 0.476 e. The molecule has 0 N–H and O–H groups in total. The molecule has 129 valence electrons. The molecule has 0 fully saturated rings. The van der Waals surface area contributed by atoms with Crippen LogP contribution in [0.3, 0.4) is 0 Å². The molecule has 0 saturated heterocycles. The number of nitrogens with zero attached hydrogens (tertiary/aromatic N) is 5. The van der Waals surface area contributed by atoms with Crippen molar-refractivity contribution < 1.29 is 18.3 Å². The second-order valence-corrected chi connectivity index (χ2v) is 4.90. The summed E-state index contributed by atoms with van der Waals surface area (Å²) in [4.78, 5) is 12.5. The zero-order chi connectivity index (χ0) is 17.6. The Labute approximate surface area is 142 Å². The number of hydrogen-bond acceptors (Lipinski definition) is 6. The average molecular weight is 346 g/mol. The summed E-state index contributed by atoms with van der Waals surface area (Å²) in [6, 6.07) is 6.23. The van der Waals surface area contributed by atoms with Crippen LogP contribution in [-0.2, 0) is 6.54 Å². The molecule has 0 bridgehead atoms. The van der Waals surface area contributed by atoms with Gasteiger partial charge in [-0.1, -0.05) is 12.1 Å². The molecule has 0 saturated carbocycles. The molecule has 2 heterocycles. The second-order valence-electron chi connectivity index (χ2n) is 4.90. The van der Waals surface area contributed by atoms with Crippen LogP contribution in [0.15, 0.2) is 36.8 Å². The zero-order valence-electron chi connectivity index (χ0n) is 13.3. The van der Waals surface area contributed by atoms with Crippen LogP contribution in [0.5, 0.6) is 11.6 Å². The lowest BCUT2D eigenvalue weighted by Gasteiger charge is -2.11. The minimum atomic E-state index is -2.90. The Morgan fingerprint density at radius 3 is 2.92 bits per heavy atom. The number of ether oxygens (including phenoxy) is 2. The fraction of sp³-hybridized carbons (Fsp3) is 0.250. The number of halogens is 2. The molecule has 0 atom stereocenters. The van der Waals surface area contributed by atoms with E-state index >= 15 is 0 Å². The molecular formula is C16H14F2N5O2. The summed E-state index contributed by atoms with van der Waals surface area (Å²) in [6.45, 7) is -0.341. The highest BCUT2D eigenvalue weighted by molar-refractivity contribution is 5.66.